The fraction of sp³-hybridized carbons (Fsp3) is 0.417. The van der Waals surface area contributed by atoms with Gasteiger partial charge in [-0.15, -0.1) is 0 Å². The zero-order valence-corrected chi connectivity index (χ0v) is 19.4. The molecule has 0 spiro atoms. The predicted molar refractivity (Wildman–Crippen MR) is 125 cm³/mol. The fourth-order valence-electron chi connectivity index (χ4n) is 4.03. The van der Waals surface area contributed by atoms with Gasteiger partial charge in [0.2, 0.25) is 15.9 Å². The molecular formula is C24H30N4O3S. The molecule has 0 radical (unpaired) electrons. The van der Waals surface area contributed by atoms with Crippen molar-refractivity contribution in [1.82, 2.24) is 19.6 Å². The average molecular weight is 455 g/mol. The minimum atomic E-state index is -3.70. The van der Waals surface area contributed by atoms with Crippen molar-refractivity contribution in [3.8, 4) is 11.4 Å². The number of sulfonamides is 1. The highest BCUT2D eigenvalue weighted by Crippen LogP contribution is 2.27. The SMILES string of the molecule is CC(C)CCNC(=O)[C@H]1CCCN(S(=O)(=O)c2ccc3nc(-c4ccccc4)[nH]c3c2)C1. The number of aromatic nitrogens is 2. The highest BCUT2D eigenvalue weighted by molar-refractivity contribution is 7.89. The normalized spacial score (nSPS) is 17.7. The summed E-state index contributed by atoms with van der Waals surface area (Å²) in [5, 5.41) is 2.96. The van der Waals surface area contributed by atoms with Crippen molar-refractivity contribution >= 4 is 27.0 Å². The Morgan fingerprint density at radius 3 is 2.75 bits per heavy atom. The van der Waals surface area contributed by atoms with Crippen molar-refractivity contribution in [1.29, 1.82) is 0 Å². The second-order valence-electron chi connectivity index (χ2n) is 8.81. The number of rotatable bonds is 7. The number of H-pyrrole nitrogens is 1. The van der Waals surface area contributed by atoms with Crippen LogP contribution in [0.15, 0.2) is 53.4 Å². The number of piperidine rings is 1. The van der Waals surface area contributed by atoms with E-state index in [-0.39, 0.29) is 23.3 Å². The van der Waals surface area contributed by atoms with Crippen molar-refractivity contribution in [2.24, 2.45) is 11.8 Å². The number of carbonyl (C=O) groups is 1. The minimum absolute atomic E-state index is 0.0536. The summed E-state index contributed by atoms with van der Waals surface area (Å²) in [5.41, 5.74) is 2.32. The van der Waals surface area contributed by atoms with Crippen LogP contribution in [0.2, 0.25) is 0 Å². The Morgan fingerprint density at radius 1 is 1.22 bits per heavy atom. The first-order chi connectivity index (χ1) is 15.3. The van der Waals surface area contributed by atoms with E-state index in [2.05, 4.69) is 29.1 Å². The quantitative estimate of drug-likeness (QED) is 0.568. The number of fused-ring (bicyclic) bond motifs is 1. The number of imidazole rings is 1. The third-order valence-electron chi connectivity index (χ3n) is 5.91. The van der Waals surface area contributed by atoms with Crippen LogP contribution in [-0.2, 0) is 14.8 Å². The maximum absolute atomic E-state index is 13.3. The molecule has 0 unspecified atom stereocenters. The Hall–Kier alpha value is -2.71. The largest absolute Gasteiger partial charge is 0.356 e. The van der Waals surface area contributed by atoms with Crippen molar-refractivity contribution in [3.05, 3.63) is 48.5 Å². The van der Waals surface area contributed by atoms with Crippen molar-refractivity contribution in [2.45, 2.75) is 38.0 Å². The lowest BCUT2D eigenvalue weighted by Gasteiger charge is -2.31. The van der Waals surface area contributed by atoms with Crippen LogP contribution in [0.3, 0.4) is 0 Å². The molecule has 1 saturated heterocycles. The first-order valence-corrected chi connectivity index (χ1v) is 12.6. The molecule has 8 heteroatoms. The minimum Gasteiger partial charge on any atom is -0.356 e. The van der Waals surface area contributed by atoms with Gasteiger partial charge in [-0.2, -0.15) is 4.31 Å². The molecule has 170 valence electrons. The molecule has 0 aliphatic carbocycles. The fourth-order valence-corrected chi connectivity index (χ4v) is 5.58. The molecule has 1 amide bonds. The number of hydrogen-bond acceptors (Lipinski definition) is 4. The molecule has 2 N–H and O–H groups in total. The van der Waals surface area contributed by atoms with Crippen molar-refractivity contribution < 1.29 is 13.2 Å². The molecule has 1 fully saturated rings. The van der Waals surface area contributed by atoms with Crippen LogP contribution in [0.1, 0.15) is 33.1 Å². The number of benzene rings is 2. The monoisotopic (exact) mass is 454 g/mol. The topological polar surface area (TPSA) is 95.2 Å². The average Bonchev–Trinajstić information content (AvgIpc) is 3.23. The van der Waals surface area contributed by atoms with E-state index < -0.39 is 10.0 Å². The van der Waals surface area contributed by atoms with Crippen LogP contribution in [0, 0.1) is 11.8 Å². The molecule has 2 heterocycles. The van der Waals surface area contributed by atoms with Gasteiger partial charge in [0, 0.05) is 25.2 Å². The lowest BCUT2D eigenvalue weighted by molar-refractivity contribution is -0.126. The van der Waals surface area contributed by atoms with Crippen molar-refractivity contribution in [3.63, 3.8) is 0 Å². The summed E-state index contributed by atoms with van der Waals surface area (Å²) in [6.07, 6.45) is 2.29. The summed E-state index contributed by atoms with van der Waals surface area (Å²) in [6.45, 7) is 5.49. The molecule has 1 aliphatic heterocycles. The molecule has 4 rings (SSSR count). The van der Waals surface area contributed by atoms with E-state index in [0.717, 1.165) is 12.0 Å². The van der Waals surface area contributed by atoms with E-state index in [4.69, 9.17) is 0 Å². The van der Waals surface area contributed by atoms with Crippen LogP contribution in [0.4, 0.5) is 0 Å². The zero-order valence-electron chi connectivity index (χ0n) is 18.5. The Morgan fingerprint density at radius 2 is 2.00 bits per heavy atom. The van der Waals surface area contributed by atoms with Gasteiger partial charge in [0.05, 0.1) is 21.8 Å². The zero-order chi connectivity index (χ0) is 22.7. The molecule has 1 aliphatic rings. The highest BCUT2D eigenvalue weighted by Gasteiger charge is 2.33. The van der Waals surface area contributed by atoms with Crippen LogP contribution in [-0.4, -0.2) is 48.2 Å². The maximum atomic E-state index is 13.3. The molecule has 2 aromatic carbocycles. The molecule has 0 saturated carbocycles. The Labute approximate surface area is 189 Å². The van der Waals surface area contributed by atoms with Gasteiger partial charge < -0.3 is 10.3 Å². The Balaban J connectivity index is 1.51. The molecule has 7 nitrogen and oxygen atoms in total. The van der Waals surface area contributed by atoms with Crippen LogP contribution < -0.4 is 5.32 Å². The third-order valence-corrected chi connectivity index (χ3v) is 7.78. The van der Waals surface area contributed by atoms with Gasteiger partial charge in [-0.05, 0) is 43.4 Å². The summed E-state index contributed by atoms with van der Waals surface area (Å²) in [7, 11) is -3.70. The number of carbonyl (C=O) groups excluding carboxylic acids is 1. The summed E-state index contributed by atoms with van der Waals surface area (Å²) in [6, 6.07) is 14.7. The third kappa shape index (κ3) is 4.86. The lowest BCUT2D eigenvalue weighted by Crippen LogP contribution is -2.45. The maximum Gasteiger partial charge on any atom is 0.243 e. The van der Waals surface area contributed by atoms with Gasteiger partial charge in [0.25, 0.3) is 0 Å². The molecule has 0 bridgehead atoms. The van der Waals surface area contributed by atoms with E-state index in [1.807, 2.05) is 30.3 Å². The van der Waals surface area contributed by atoms with Gasteiger partial charge in [-0.25, -0.2) is 13.4 Å². The molecule has 1 aromatic heterocycles. The van der Waals surface area contributed by atoms with Gasteiger partial charge in [-0.1, -0.05) is 44.2 Å². The number of nitrogens with one attached hydrogen (secondary N) is 2. The summed E-state index contributed by atoms with van der Waals surface area (Å²) >= 11 is 0. The van der Waals surface area contributed by atoms with Gasteiger partial charge in [0.15, 0.2) is 0 Å². The first kappa shape index (κ1) is 22.5. The van der Waals surface area contributed by atoms with E-state index >= 15 is 0 Å². The van der Waals surface area contributed by atoms with Crippen LogP contribution in [0.25, 0.3) is 22.4 Å². The standard InChI is InChI=1S/C24H30N4O3S/c1-17(2)12-13-25-24(29)19-9-6-14-28(16-19)32(30,31)20-10-11-21-22(15-20)27-23(26-21)18-7-4-3-5-8-18/h3-5,7-8,10-11,15,17,19H,6,9,12-14,16H2,1-2H3,(H,25,29)(H,26,27)/t19-/m0/s1. The van der Waals surface area contributed by atoms with Crippen molar-refractivity contribution in [2.75, 3.05) is 19.6 Å². The number of amides is 1. The molecule has 32 heavy (non-hydrogen) atoms. The molecular weight excluding hydrogens is 424 g/mol. The van der Waals surface area contributed by atoms with E-state index in [1.54, 1.807) is 18.2 Å². The second-order valence-corrected chi connectivity index (χ2v) is 10.7. The Bertz CT molecular complexity index is 1190. The Kier molecular flexibility index (Phi) is 6.62. The van der Waals surface area contributed by atoms with Gasteiger partial charge in [-0.3, -0.25) is 4.79 Å². The number of hydrogen-bond donors (Lipinski definition) is 2. The molecule has 1 atom stereocenters. The first-order valence-electron chi connectivity index (χ1n) is 11.2. The second kappa shape index (κ2) is 9.42. The number of aromatic amines is 1. The summed E-state index contributed by atoms with van der Waals surface area (Å²) < 4.78 is 28.1. The van der Waals surface area contributed by atoms with Crippen LogP contribution in [0.5, 0.6) is 0 Å². The lowest BCUT2D eigenvalue weighted by atomic mass is 9.98. The summed E-state index contributed by atoms with van der Waals surface area (Å²) in [4.78, 5) is 20.6. The predicted octanol–water partition coefficient (Wildman–Crippen LogP) is 3.79. The van der Waals surface area contributed by atoms with Gasteiger partial charge in [0.1, 0.15) is 5.82 Å². The smallest absolute Gasteiger partial charge is 0.243 e. The van der Waals surface area contributed by atoms with E-state index in [1.165, 1.54) is 4.31 Å². The highest BCUT2D eigenvalue weighted by atomic mass is 32.2. The van der Waals surface area contributed by atoms with E-state index in [9.17, 15) is 13.2 Å². The van der Waals surface area contributed by atoms with E-state index in [0.29, 0.717) is 48.7 Å². The van der Waals surface area contributed by atoms with Gasteiger partial charge >= 0.3 is 0 Å². The summed E-state index contributed by atoms with van der Waals surface area (Å²) in [5.74, 6) is 0.845. The number of nitrogens with zero attached hydrogens (tertiary/aromatic N) is 2. The van der Waals surface area contributed by atoms with Crippen LogP contribution >= 0.6 is 0 Å². The molecule has 3 aromatic rings.